The van der Waals surface area contributed by atoms with Crippen LogP contribution in [0.1, 0.15) is 28.7 Å². The Balaban J connectivity index is 1.70. The number of carbonyl (C=O) groups is 1. The van der Waals surface area contributed by atoms with Crippen molar-refractivity contribution < 1.29 is 27.8 Å². The molecule has 0 radical (unpaired) electrons. The number of fused-ring (bicyclic) bond motifs is 1. The second-order valence-electron chi connectivity index (χ2n) is 6.57. The predicted octanol–water partition coefficient (Wildman–Crippen LogP) is -1.03. The van der Waals surface area contributed by atoms with Gasteiger partial charge in [-0.2, -0.15) is 9.40 Å². The van der Waals surface area contributed by atoms with Gasteiger partial charge in [0, 0.05) is 25.2 Å². The van der Waals surface area contributed by atoms with Gasteiger partial charge in [-0.15, -0.1) is 0 Å². The Morgan fingerprint density at radius 3 is 2.93 bits per heavy atom. The number of rotatable bonds is 7. The fourth-order valence-corrected chi connectivity index (χ4v) is 4.92. The van der Waals surface area contributed by atoms with E-state index in [1.54, 1.807) is 0 Å². The summed E-state index contributed by atoms with van der Waals surface area (Å²) in [5, 5.41) is 16.0. The second-order valence-corrected chi connectivity index (χ2v) is 8.58. The van der Waals surface area contributed by atoms with Crippen molar-refractivity contribution in [3.8, 4) is 0 Å². The van der Waals surface area contributed by atoms with Gasteiger partial charge in [0.05, 0.1) is 50.5 Å². The van der Waals surface area contributed by atoms with Crippen LogP contribution >= 0.6 is 0 Å². The van der Waals surface area contributed by atoms with Crippen LogP contribution in [-0.2, 0) is 32.5 Å². The number of carbonyl (C=O) groups excluding carboxylic acids is 1. The van der Waals surface area contributed by atoms with E-state index >= 15 is 0 Å². The minimum Gasteiger partial charge on any atom is -0.395 e. The molecule has 2 aliphatic rings. The fourth-order valence-electron chi connectivity index (χ4n) is 3.35. The first-order valence-corrected chi connectivity index (χ1v) is 10.7. The fraction of sp³-hybridized carbons (Fsp3) is 0.750. The number of aromatic nitrogens is 2. The van der Waals surface area contributed by atoms with Crippen molar-refractivity contribution in [2.24, 2.45) is 0 Å². The van der Waals surface area contributed by atoms with Gasteiger partial charge < -0.3 is 19.5 Å². The van der Waals surface area contributed by atoms with Crippen molar-refractivity contribution in [1.82, 2.24) is 19.4 Å². The monoisotopic (exact) mass is 402 g/mol. The lowest BCUT2D eigenvalue weighted by atomic mass is 10.1. The Morgan fingerprint density at radius 1 is 1.44 bits per heavy atom. The van der Waals surface area contributed by atoms with Crippen LogP contribution in [0.4, 0.5) is 0 Å². The molecule has 2 N–H and O–H groups in total. The van der Waals surface area contributed by atoms with E-state index in [2.05, 4.69) is 10.2 Å². The van der Waals surface area contributed by atoms with Crippen LogP contribution in [0.15, 0.2) is 0 Å². The average molecular weight is 402 g/mol. The highest BCUT2D eigenvalue weighted by atomic mass is 32.2. The first-order chi connectivity index (χ1) is 13.0. The molecule has 27 heavy (non-hydrogen) atoms. The molecule has 1 fully saturated rings. The number of aromatic amines is 1. The van der Waals surface area contributed by atoms with Gasteiger partial charge in [0.2, 0.25) is 10.0 Å². The summed E-state index contributed by atoms with van der Waals surface area (Å²) in [5.41, 5.74) is 1.69. The van der Waals surface area contributed by atoms with Crippen molar-refractivity contribution in [3.63, 3.8) is 0 Å². The van der Waals surface area contributed by atoms with Crippen molar-refractivity contribution in [3.05, 3.63) is 17.0 Å². The van der Waals surface area contributed by atoms with Crippen molar-refractivity contribution in [1.29, 1.82) is 0 Å². The van der Waals surface area contributed by atoms with Gasteiger partial charge >= 0.3 is 0 Å². The largest absolute Gasteiger partial charge is 0.395 e. The van der Waals surface area contributed by atoms with E-state index in [9.17, 15) is 13.2 Å². The van der Waals surface area contributed by atoms with E-state index in [1.807, 2.05) is 6.92 Å². The molecule has 0 spiro atoms. The minimum absolute atomic E-state index is 0.120. The van der Waals surface area contributed by atoms with Gasteiger partial charge in [0.1, 0.15) is 0 Å². The summed E-state index contributed by atoms with van der Waals surface area (Å²) in [6, 6.07) is 0. The molecule has 1 atom stereocenters. The standard InChI is InChI=1S/C16H26N4O6S/c1-2-19(5-6-21)16(22)15-13-3-4-20(9-14(13)17-18-15)27(23,24)11-12-10-25-7-8-26-12/h12,21H,2-11H2,1H3,(H,17,18). The van der Waals surface area contributed by atoms with E-state index in [1.165, 1.54) is 9.21 Å². The Labute approximate surface area is 158 Å². The molecule has 0 aliphatic carbocycles. The third-order valence-electron chi connectivity index (χ3n) is 4.81. The number of aliphatic hydroxyl groups excluding tert-OH is 1. The van der Waals surface area contributed by atoms with Crippen LogP contribution in [0.2, 0.25) is 0 Å². The van der Waals surface area contributed by atoms with Crippen molar-refractivity contribution >= 4 is 15.9 Å². The Bertz CT molecular complexity index is 759. The molecule has 0 aromatic carbocycles. The van der Waals surface area contributed by atoms with E-state index in [0.29, 0.717) is 37.6 Å². The SMILES string of the molecule is CCN(CCO)C(=O)c1n[nH]c2c1CCN(S(=O)(=O)CC1COCCO1)C2. The summed E-state index contributed by atoms with van der Waals surface area (Å²) in [5.74, 6) is -0.379. The van der Waals surface area contributed by atoms with Crippen LogP contribution in [0.5, 0.6) is 0 Å². The molecule has 1 aromatic rings. The lowest BCUT2D eigenvalue weighted by Gasteiger charge is -2.29. The number of hydrogen-bond acceptors (Lipinski definition) is 7. The number of ether oxygens (including phenoxy) is 2. The lowest BCUT2D eigenvalue weighted by Crippen LogP contribution is -2.43. The van der Waals surface area contributed by atoms with Crippen LogP contribution in [0.3, 0.4) is 0 Å². The zero-order valence-corrected chi connectivity index (χ0v) is 16.2. The summed E-state index contributed by atoms with van der Waals surface area (Å²) < 4.78 is 37.5. The number of H-pyrrole nitrogens is 1. The van der Waals surface area contributed by atoms with Crippen LogP contribution in [0, 0.1) is 0 Å². The van der Waals surface area contributed by atoms with Gasteiger partial charge in [-0.3, -0.25) is 9.89 Å². The smallest absolute Gasteiger partial charge is 0.274 e. The van der Waals surface area contributed by atoms with E-state index in [0.717, 1.165) is 5.56 Å². The molecule has 1 unspecified atom stereocenters. The van der Waals surface area contributed by atoms with Gasteiger partial charge in [0.15, 0.2) is 5.69 Å². The highest BCUT2D eigenvalue weighted by molar-refractivity contribution is 7.89. The molecule has 3 heterocycles. The van der Waals surface area contributed by atoms with Crippen LogP contribution < -0.4 is 0 Å². The number of hydrogen-bond donors (Lipinski definition) is 2. The number of nitrogens with one attached hydrogen (secondary N) is 1. The van der Waals surface area contributed by atoms with E-state index in [-0.39, 0.29) is 44.5 Å². The quantitative estimate of drug-likeness (QED) is 0.597. The summed E-state index contributed by atoms with van der Waals surface area (Å²) >= 11 is 0. The van der Waals surface area contributed by atoms with E-state index < -0.39 is 16.1 Å². The number of likely N-dealkylation sites (N-methyl/N-ethyl adjacent to an activating group) is 1. The molecule has 0 saturated carbocycles. The summed E-state index contributed by atoms with van der Waals surface area (Å²) in [6.07, 6.45) is -0.0502. The lowest BCUT2D eigenvalue weighted by molar-refractivity contribution is -0.0785. The third-order valence-corrected chi connectivity index (χ3v) is 6.71. The molecule has 152 valence electrons. The number of nitrogens with zero attached hydrogens (tertiary/aromatic N) is 3. The zero-order valence-electron chi connectivity index (χ0n) is 15.4. The average Bonchev–Trinajstić information content (AvgIpc) is 3.09. The molecule has 3 rings (SSSR count). The first-order valence-electron chi connectivity index (χ1n) is 9.09. The molecule has 2 aliphatic heterocycles. The zero-order chi connectivity index (χ0) is 19.4. The maximum atomic E-state index is 12.7. The predicted molar refractivity (Wildman–Crippen MR) is 95.7 cm³/mol. The third kappa shape index (κ3) is 4.49. The molecule has 11 heteroatoms. The van der Waals surface area contributed by atoms with Crippen LogP contribution in [0.25, 0.3) is 0 Å². The Morgan fingerprint density at radius 2 is 2.26 bits per heavy atom. The molecular weight excluding hydrogens is 376 g/mol. The van der Waals surface area contributed by atoms with E-state index in [4.69, 9.17) is 14.6 Å². The molecule has 1 saturated heterocycles. The van der Waals surface area contributed by atoms with Gasteiger partial charge in [-0.05, 0) is 13.3 Å². The number of aliphatic hydroxyl groups is 1. The molecule has 1 aromatic heterocycles. The van der Waals surface area contributed by atoms with Gasteiger partial charge in [0.25, 0.3) is 5.91 Å². The normalized spacial score (nSPS) is 21.0. The Kier molecular flexibility index (Phi) is 6.48. The maximum Gasteiger partial charge on any atom is 0.274 e. The topological polar surface area (TPSA) is 125 Å². The maximum absolute atomic E-state index is 12.7. The summed E-state index contributed by atoms with van der Waals surface area (Å²) in [4.78, 5) is 14.1. The molecule has 0 bridgehead atoms. The summed E-state index contributed by atoms with van der Waals surface area (Å²) in [7, 11) is -3.51. The van der Waals surface area contributed by atoms with Gasteiger partial charge in [-0.25, -0.2) is 8.42 Å². The number of sulfonamides is 1. The summed E-state index contributed by atoms with van der Waals surface area (Å²) in [6.45, 7) is 4.01. The highest BCUT2D eigenvalue weighted by Gasteiger charge is 2.34. The molecule has 10 nitrogen and oxygen atoms in total. The van der Waals surface area contributed by atoms with Crippen LogP contribution in [-0.4, -0.2) is 96.8 Å². The number of amides is 1. The molecular formula is C16H26N4O6S. The van der Waals surface area contributed by atoms with Crippen molar-refractivity contribution in [2.75, 3.05) is 51.8 Å². The van der Waals surface area contributed by atoms with Crippen molar-refractivity contribution in [2.45, 2.75) is 26.0 Å². The first kappa shape index (κ1) is 20.2. The molecule has 1 amide bonds. The Hall–Kier alpha value is -1.53. The minimum atomic E-state index is -3.51. The van der Waals surface area contributed by atoms with Gasteiger partial charge in [-0.1, -0.05) is 0 Å². The highest BCUT2D eigenvalue weighted by Crippen LogP contribution is 2.24. The second kappa shape index (κ2) is 8.65.